The van der Waals surface area contributed by atoms with Gasteiger partial charge in [-0.05, 0) is 44.0 Å². The van der Waals surface area contributed by atoms with E-state index in [4.69, 9.17) is 9.72 Å². The SMILES string of the molecule is CCN(CC)C(=O)CSc1nc2ccc(N3CCOCC3)cc2c(=O)n1CCc1ccccc1. The van der Waals surface area contributed by atoms with Gasteiger partial charge in [-0.1, -0.05) is 42.1 Å². The van der Waals surface area contributed by atoms with Crippen molar-refractivity contribution in [1.29, 1.82) is 0 Å². The van der Waals surface area contributed by atoms with Crippen molar-refractivity contribution in [3.05, 3.63) is 64.4 Å². The van der Waals surface area contributed by atoms with Crippen molar-refractivity contribution >= 4 is 34.3 Å². The first-order valence-corrected chi connectivity index (χ1v) is 12.9. The average Bonchev–Trinajstić information content (AvgIpc) is 2.88. The Balaban J connectivity index is 1.67. The monoisotopic (exact) mass is 480 g/mol. The Labute approximate surface area is 204 Å². The van der Waals surface area contributed by atoms with Gasteiger partial charge in [0.2, 0.25) is 5.91 Å². The van der Waals surface area contributed by atoms with Gasteiger partial charge in [0.25, 0.3) is 5.56 Å². The summed E-state index contributed by atoms with van der Waals surface area (Å²) in [5, 5.41) is 1.20. The number of aryl methyl sites for hydroxylation is 1. The first kappa shape index (κ1) is 24.3. The summed E-state index contributed by atoms with van der Waals surface area (Å²) in [6.45, 7) is 8.80. The molecule has 2 heterocycles. The van der Waals surface area contributed by atoms with Crippen LogP contribution in [0.5, 0.6) is 0 Å². The number of benzene rings is 2. The maximum absolute atomic E-state index is 13.7. The predicted octanol–water partition coefficient (Wildman–Crippen LogP) is 3.44. The number of nitrogens with zero attached hydrogens (tertiary/aromatic N) is 4. The highest BCUT2D eigenvalue weighted by atomic mass is 32.2. The molecule has 1 fully saturated rings. The molecule has 3 aromatic rings. The number of thioether (sulfide) groups is 1. The normalized spacial score (nSPS) is 13.9. The molecule has 1 aliphatic rings. The van der Waals surface area contributed by atoms with E-state index < -0.39 is 0 Å². The van der Waals surface area contributed by atoms with Crippen molar-refractivity contribution in [2.24, 2.45) is 0 Å². The molecule has 180 valence electrons. The summed E-state index contributed by atoms with van der Waals surface area (Å²) in [7, 11) is 0. The van der Waals surface area contributed by atoms with Crippen molar-refractivity contribution in [2.75, 3.05) is 50.0 Å². The average molecular weight is 481 g/mol. The fourth-order valence-corrected chi connectivity index (χ4v) is 5.12. The van der Waals surface area contributed by atoms with Crippen molar-refractivity contribution in [3.63, 3.8) is 0 Å². The zero-order valence-electron chi connectivity index (χ0n) is 19.9. The van der Waals surface area contributed by atoms with Gasteiger partial charge in [0, 0.05) is 38.4 Å². The highest BCUT2D eigenvalue weighted by Gasteiger charge is 2.18. The molecule has 0 radical (unpaired) electrons. The maximum Gasteiger partial charge on any atom is 0.262 e. The molecule has 4 rings (SSSR count). The third kappa shape index (κ3) is 5.62. The van der Waals surface area contributed by atoms with E-state index in [0.717, 1.165) is 24.3 Å². The molecule has 1 aliphatic heterocycles. The molecule has 0 spiro atoms. The Bertz CT molecular complexity index is 1170. The first-order valence-electron chi connectivity index (χ1n) is 11.9. The van der Waals surface area contributed by atoms with E-state index in [2.05, 4.69) is 17.0 Å². The molecule has 1 aromatic heterocycles. The van der Waals surface area contributed by atoms with Crippen LogP contribution in [0.2, 0.25) is 0 Å². The minimum absolute atomic E-state index is 0.0571. The number of carbonyl (C=O) groups is 1. The molecular weight excluding hydrogens is 448 g/mol. The summed E-state index contributed by atoms with van der Waals surface area (Å²) in [5.74, 6) is 0.318. The molecule has 1 amide bonds. The van der Waals surface area contributed by atoms with E-state index >= 15 is 0 Å². The smallest absolute Gasteiger partial charge is 0.262 e. The van der Waals surface area contributed by atoms with Crippen molar-refractivity contribution < 1.29 is 9.53 Å². The summed E-state index contributed by atoms with van der Waals surface area (Å²) in [5.41, 5.74) is 2.78. The Hall–Kier alpha value is -2.84. The van der Waals surface area contributed by atoms with Crippen molar-refractivity contribution in [1.82, 2.24) is 14.5 Å². The van der Waals surface area contributed by atoms with E-state index in [0.29, 0.717) is 55.3 Å². The number of aromatic nitrogens is 2. The Morgan fingerprint density at radius 2 is 1.82 bits per heavy atom. The summed E-state index contributed by atoms with van der Waals surface area (Å²) in [6.07, 6.45) is 0.717. The number of fused-ring (bicyclic) bond motifs is 1. The topological polar surface area (TPSA) is 67.7 Å². The lowest BCUT2D eigenvalue weighted by Crippen LogP contribution is -2.36. The zero-order chi connectivity index (χ0) is 23.9. The van der Waals surface area contributed by atoms with E-state index in [1.54, 1.807) is 9.47 Å². The lowest BCUT2D eigenvalue weighted by Gasteiger charge is -2.29. The van der Waals surface area contributed by atoms with Gasteiger partial charge in [-0.15, -0.1) is 0 Å². The van der Waals surface area contributed by atoms with Gasteiger partial charge in [-0.2, -0.15) is 0 Å². The van der Waals surface area contributed by atoms with Crippen LogP contribution < -0.4 is 10.5 Å². The highest BCUT2D eigenvalue weighted by molar-refractivity contribution is 7.99. The fourth-order valence-electron chi connectivity index (χ4n) is 4.19. The van der Waals surface area contributed by atoms with Crippen molar-refractivity contribution in [3.8, 4) is 0 Å². The van der Waals surface area contributed by atoms with Gasteiger partial charge < -0.3 is 14.5 Å². The second kappa shape index (κ2) is 11.5. The Kier molecular flexibility index (Phi) is 8.24. The van der Waals surface area contributed by atoms with E-state index in [1.807, 2.05) is 50.2 Å². The number of anilines is 1. The molecule has 8 heteroatoms. The van der Waals surface area contributed by atoms with Gasteiger partial charge in [0.15, 0.2) is 5.16 Å². The molecular formula is C26H32N4O3S. The molecule has 0 N–H and O–H groups in total. The van der Waals surface area contributed by atoms with E-state index in [1.165, 1.54) is 11.8 Å². The summed E-state index contributed by atoms with van der Waals surface area (Å²) in [4.78, 5) is 35.1. The molecule has 0 atom stereocenters. The molecule has 2 aromatic carbocycles. The minimum atomic E-state index is -0.0613. The van der Waals surface area contributed by atoms with Crippen LogP contribution >= 0.6 is 11.8 Å². The minimum Gasteiger partial charge on any atom is -0.378 e. The number of hydrogen-bond donors (Lipinski definition) is 0. The summed E-state index contributed by atoms with van der Waals surface area (Å²) < 4.78 is 7.20. The van der Waals surface area contributed by atoms with Crippen LogP contribution in [0, 0.1) is 0 Å². The number of ether oxygens (including phenoxy) is 1. The van der Waals surface area contributed by atoms with Crippen LogP contribution in [0.25, 0.3) is 10.9 Å². The fraction of sp³-hybridized carbons (Fsp3) is 0.423. The molecule has 1 saturated heterocycles. The van der Waals surface area contributed by atoms with E-state index in [-0.39, 0.29) is 17.2 Å². The zero-order valence-corrected chi connectivity index (χ0v) is 20.7. The third-order valence-electron chi connectivity index (χ3n) is 6.19. The van der Waals surface area contributed by atoms with Crippen LogP contribution in [0.1, 0.15) is 19.4 Å². The second-order valence-corrected chi connectivity index (χ2v) is 9.18. The first-order chi connectivity index (χ1) is 16.6. The van der Waals surface area contributed by atoms with Gasteiger partial charge in [0.1, 0.15) is 0 Å². The van der Waals surface area contributed by atoms with Crippen LogP contribution in [0.4, 0.5) is 5.69 Å². The number of morpholine rings is 1. The van der Waals surface area contributed by atoms with Crippen molar-refractivity contribution in [2.45, 2.75) is 32.0 Å². The van der Waals surface area contributed by atoms with Gasteiger partial charge >= 0.3 is 0 Å². The predicted molar refractivity (Wildman–Crippen MR) is 138 cm³/mol. The third-order valence-corrected chi connectivity index (χ3v) is 7.15. The number of carbonyl (C=O) groups excluding carboxylic acids is 1. The van der Waals surface area contributed by atoms with Crippen LogP contribution in [0.15, 0.2) is 58.5 Å². The molecule has 0 aliphatic carbocycles. The standard InChI is InChI=1S/C26H32N4O3S/c1-3-28(4-2)24(31)19-34-26-27-23-11-10-21(29-14-16-33-17-15-29)18-22(23)25(32)30(26)13-12-20-8-6-5-7-9-20/h5-11,18H,3-4,12-17,19H2,1-2H3. The molecule has 7 nitrogen and oxygen atoms in total. The van der Waals surface area contributed by atoms with Gasteiger partial charge in [-0.25, -0.2) is 4.98 Å². The van der Waals surface area contributed by atoms with Crippen LogP contribution in [-0.2, 0) is 22.5 Å². The molecule has 0 bridgehead atoms. The number of amides is 1. The summed E-state index contributed by atoms with van der Waals surface area (Å²) >= 11 is 1.34. The quantitative estimate of drug-likeness (QED) is 0.345. The molecule has 0 saturated carbocycles. The highest BCUT2D eigenvalue weighted by Crippen LogP contribution is 2.23. The number of rotatable bonds is 9. The molecule has 0 unspecified atom stereocenters. The lowest BCUT2D eigenvalue weighted by molar-refractivity contribution is -0.127. The van der Waals surface area contributed by atoms with Crippen LogP contribution in [0.3, 0.4) is 0 Å². The maximum atomic E-state index is 13.7. The van der Waals surface area contributed by atoms with Gasteiger partial charge in [-0.3, -0.25) is 14.2 Å². The Morgan fingerprint density at radius 3 is 2.53 bits per heavy atom. The lowest BCUT2D eigenvalue weighted by atomic mass is 10.1. The number of hydrogen-bond acceptors (Lipinski definition) is 6. The van der Waals surface area contributed by atoms with E-state index in [9.17, 15) is 9.59 Å². The summed E-state index contributed by atoms with van der Waals surface area (Å²) in [6, 6.07) is 16.0. The second-order valence-electron chi connectivity index (χ2n) is 8.24. The van der Waals surface area contributed by atoms with Gasteiger partial charge in [0.05, 0.1) is 29.9 Å². The molecule has 34 heavy (non-hydrogen) atoms. The largest absolute Gasteiger partial charge is 0.378 e. The Morgan fingerprint density at radius 1 is 1.09 bits per heavy atom. The van der Waals surface area contributed by atoms with Crippen LogP contribution in [-0.4, -0.2) is 65.5 Å².